The Hall–Kier alpha value is -0.190. The lowest BCUT2D eigenvalue weighted by Crippen LogP contribution is -2.18. The van der Waals surface area contributed by atoms with Gasteiger partial charge in [0.1, 0.15) is 0 Å². The third kappa shape index (κ3) is 2.90. The first-order chi connectivity index (χ1) is 5.91. The van der Waals surface area contributed by atoms with Crippen molar-refractivity contribution in [3.63, 3.8) is 0 Å². The summed E-state index contributed by atoms with van der Waals surface area (Å²) in [7, 11) is 0. The van der Waals surface area contributed by atoms with Crippen LogP contribution in [0.25, 0.3) is 0 Å². The number of halogens is 4. The number of hydrogen-bond donors (Lipinski definition) is 1. The first-order valence-corrected chi connectivity index (χ1v) is 4.58. The highest BCUT2D eigenvalue weighted by Gasteiger charge is 2.35. The zero-order chi connectivity index (χ0) is 10.1. The highest BCUT2D eigenvalue weighted by Crippen LogP contribution is 2.36. The summed E-state index contributed by atoms with van der Waals surface area (Å²) in [6.45, 7) is 0. The first-order valence-electron chi connectivity index (χ1n) is 3.41. The lowest BCUT2D eigenvalue weighted by Gasteiger charge is -2.16. The van der Waals surface area contributed by atoms with E-state index in [0.29, 0.717) is 5.02 Å². The molecular weight excluding hydrogens is 265 g/mol. The van der Waals surface area contributed by atoms with E-state index in [1.54, 1.807) is 6.07 Å². The van der Waals surface area contributed by atoms with Crippen LogP contribution < -0.4 is 0 Å². The number of hydrogen-bond acceptors (Lipinski definition) is 1. The van der Waals surface area contributed by atoms with E-state index in [-0.39, 0.29) is 5.56 Å². The van der Waals surface area contributed by atoms with Gasteiger partial charge in [0.15, 0.2) is 6.10 Å². The zero-order valence-electron chi connectivity index (χ0n) is 6.35. The van der Waals surface area contributed by atoms with Crippen molar-refractivity contribution in [2.75, 3.05) is 0 Å². The Morgan fingerprint density at radius 3 is 2.54 bits per heavy atom. The molecule has 0 radical (unpaired) electrons. The van der Waals surface area contributed by atoms with Gasteiger partial charge in [-0.25, -0.2) is 0 Å². The number of aliphatic hydroxyl groups excluding tert-OH is 1. The SMILES string of the molecule is OC(c1cccc(Cl)c1)C(F)(F)Br. The summed E-state index contributed by atoms with van der Waals surface area (Å²) in [5, 5.41) is 9.44. The summed E-state index contributed by atoms with van der Waals surface area (Å²) in [5.74, 6) is 0. The number of benzene rings is 1. The smallest absolute Gasteiger partial charge is 0.330 e. The van der Waals surface area contributed by atoms with E-state index in [1.165, 1.54) is 18.2 Å². The average Bonchev–Trinajstić information content (AvgIpc) is 2.01. The maximum atomic E-state index is 12.6. The van der Waals surface area contributed by atoms with Gasteiger partial charge in [-0.1, -0.05) is 23.7 Å². The van der Waals surface area contributed by atoms with Gasteiger partial charge in [-0.05, 0) is 33.6 Å². The Balaban J connectivity index is 2.96. The summed E-state index contributed by atoms with van der Waals surface area (Å²) >= 11 is 7.65. The summed E-state index contributed by atoms with van der Waals surface area (Å²) in [5.41, 5.74) is 0.0781. The molecule has 5 heteroatoms. The summed E-state index contributed by atoms with van der Waals surface area (Å²) < 4.78 is 25.1. The number of aliphatic hydroxyl groups is 1. The maximum absolute atomic E-state index is 12.6. The fourth-order valence-corrected chi connectivity index (χ4v) is 1.33. The number of alkyl halides is 3. The minimum absolute atomic E-state index is 0.0781. The molecule has 0 heterocycles. The van der Waals surface area contributed by atoms with E-state index in [4.69, 9.17) is 16.7 Å². The average molecular weight is 271 g/mol. The zero-order valence-corrected chi connectivity index (χ0v) is 8.69. The fourth-order valence-electron chi connectivity index (χ4n) is 0.866. The molecule has 1 unspecified atom stereocenters. The van der Waals surface area contributed by atoms with Crippen molar-refractivity contribution in [3.8, 4) is 0 Å². The maximum Gasteiger partial charge on any atom is 0.330 e. The molecule has 0 amide bonds. The Kier molecular flexibility index (Phi) is 3.27. The van der Waals surface area contributed by atoms with Crippen molar-refractivity contribution < 1.29 is 13.9 Å². The second-order valence-corrected chi connectivity index (χ2v) is 3.99. The molecule has 0 spiro atoms. The highest BCUT2D eigenvalue weighted by atomic mass is 79.9. The molecule has 1 aromatic rings. The van der Waals surface area contributed by atoms with Crippen molar-refractivity contribution >= 4 is 27.5 Å². The van der Waals surface area contributed by atoms with Gasteiger partial charge in [-0.3, -0.25) is 0 Å². The predicted octanol–water partition coefficient (Wildman–Crippen LogP) is 3.36. The molecule has 0 aromatic heterocycles. The second-order valence-electron chi connectivity index (χ2n) is 2.50. The van der Waals surface area contributed by atoms with Crippen LogP contribution in [0.3, 0.4) is 0 Å². The van der Waals surface area contributed by atoms with E-state index in [2.05, 4.69) is 15.9 Å². The second kappa shape index (κ2) is 3.90. The minimum Gasteiger partial charge on any atom is -0.381 e. The van der Waals surface area contributed by atoms with E-state index >= 15 is 0 Å². The Morgan fingerprint density at radius 1 is 1.46 bits per heavy atom. The quantitative estimate of drug-likeness (QED) is 0.818. The van der Waals surface area contributed by atoms with Gasteiger partial charge in [0.05, 0.1) is 0 Å². The third-order valence-electron chi connectivity index (χ3n) is 1.47. The molecule has 1 N–H and O–H groups in total. The van der Waals surface area contributed by atoms with Crippen molar-refractivity contribution in [2.24, 2.45) is 0 Å². The minimum atomic E-state index is -3.34. The van der Waals surface area contributed by atoms with E-state index < -0.39 is 10.9 Å². The lowest BCUT2D eigenvalue weighted by atomic mass is 10.1. The molecule has 13 heavy (non-hydrogen) atoms. The van der Waals surface area contributed by atoms with Gasteiger partial charge in [0.2, 0.25) is 0 Å². The standard InChI is InChI=1S/C8H6BrClF2O/c9-8(11,12)7(13)5-2-1-3-6(10)4-5/h1-4,7,13H. The molecule has 0 aliphatic carbocycles. The molecule has 0 bridgehead atoms. The van der Waals surface area contributed by atoms with E-state index in [0.717, 1.165) is 0 Å². The Labute approximate surface area is 87.5 Å². The van der Waals surface area contributed by atoms with E-state index in [1.807, 2.05) is 0 Å². The molecule has 1 aromatic carbocycles. The van der Waals surface area contributed by atoms with Crippen molar-refractivity contribution in [2.45, 2.75) is 10.9 Å². The van der Waals surface area contributed by atoms with Gasteiger partial charge < -0.3 is 5.11 Å². The molecule has 72 valence electrons. The largest absolute Gasteiger partial charge is 0.381 e. The number of rotatable bonds is 2. The van der Waals surface area contributed by atoms with Crippen LogP contribution in [-0.4, -0.2) is 9.94 Å². The first kappa shape index (κ1) is 10.9. The van der Waals surface area contributed by atoms with Crippen LogP contribution in [0.5, 0.6) is 0 Å². The Bertz CT molecular complexity index is 300. The van der Waals surface area contributed by atoms with Crippen LogP contribution in [-0.2, 0) is 0 Å². The Morgan fingerprint density at radius 2 is 2.08 bits per heavy atom. The fraction of sp³-hybridized carbons (Fsp3) is 0.250. The molecule has 1 atom stereocenters. The van der Waals surface area contributed by atoms with Crippen LogP contribution >= 0.6 is 27.5 Å². The molecule has 0 saturated heterocycles. The van der Waals surface area contributed by atoms with Gasteiger partial charge in [0, 0.05) is 5.02 Å². The normalized spacial score (nSPS) is 14.2. The summed E-state index contributed by atoms with van der Waals surface area (Å²) in [6.07, 6.45) is -1.88. The molecule has 1 rings (SSSR count). The van der Waals surface area contributed by atoms with Gasteiger partial charge in [-0.2, -0.15) is 8.78 Å². The van der Waals surface area contributed by atoms with Gasteiger partial charge >= 0.3 is 4.83 Å². The molecule has 0 saturated carbocycles. The molecule has 0 aliphatic heterocycles. The molecule has 0 aliphatic rings. The summed E-state index contributed by atoms with van der Waals surface area (Å²) in [6, 6.07) is 5.72. The van der Waals surface area contributed by atoms with Crippen LogP contribution in [0, 0.1) is 0 Å². The molecular formula is C8H6BrClF2O. The van der Waals surface area contributed by atoms with Crippen LogP contribution in [0.15, 0.2) is 24.3 Å². The van der Waals surface area contributed by atoms with Crippen molar-refractivity contribution in [3.05, 3.63) is 34.9 Å². The predicted molar refractivity (Wildman–Crippen MR) is 50.3 cm³/mol. The molecule has 0 fully saturated rings. The van der Waals surface area contributed by atoms with Crippen molar-refractivity contribution in [1.29, 1.82) is 0 Å². The van der Waals surface area contributed by atoms with Gasteiger partial charge in [0.25, 0.3) is 0 Å². The van der Waals surface area contributed by atoms with E-state index in [9.17, 15) is 8.78 Å². The van der Waals surface area contributed by atoms with Crippen LogP contribution in [0.1, 0.15) is 11.7 Å². The monoisotopic (exact) mass is 270 g/mol. The summed E-state index contributed by atoms with van der Waals surface area (Å²) in [4.78, 5) is -3.34. The lowest BCUT2D eigenvalue weighted by molar-refractivity contribution is -0.0294. The third-order valence-corrected chi connectivity index (χ3v) is 2.14. The topological polar surface area (TPSA) is 20.2 Å². The van der Waals surface area contributed by atoms with Crippen molar-refractivity contribution in [1.82, 2.24) is 0 Å². The highest BCUT2D eigenvalue weighted by molar-refractivity contribution is 9.10. The molecule has 1 nitrogen and oxygen atoms in total. The van der Waals surface area contributed by atoms with Crippen LogP contribution in [0.2, 0.25) is 5.02 Å². The van der Waals surface area contributed by atoms with Gasteiger partial charge in [-0.15, -0.1) is 0 Å². The van der Waals surface area contributed by atoms with Crippen LogP contribution in [0.4, 0.5) is 8.78 Å².